The van der Waals surface area contributed by atoms with E-state index in [0.29, 0.717) is 38.0 Å². The number of rotatable bonds is 3. The maximum atomic E-state index is 13.3. The average molecular weight is 396 g/mol. The molecule has 0 aromatic carbocycles. The monoisotopic (exact) mass is 395 g/mol. The van der Waals surface area contributed by atoms with E-state index in [1.165, 1.54) is 12.8 Å². The van der Waals surface area contributed by atoms with Crippen LogP contribution in [0.5, 0.6) is 0 Å². The molecule has 0 amide bonds. The average Bonchev–Trinajstić information content (AvgIpc) is 2.89. The molecule has 8 heteroatoms. The highest BCUT2D eigenvalue weighted by molar-refractivity contribution is 7.86. The normalized spacial score (nSPS) is 31.4. The lowest BCUT2D eigenvalue weighted by Crippen LogP contribution is -2.51. The SMILES string of the molecule is C[C@@H]1C[C@@H](C)CN(S(=O)(=O)N2CCC[C@H](c3nnc4n3CCCCC4)C2)C1. The molecule has 0 spiro atoms. The first kappa shape index (κ1) is 19.3. The third-order valence-electron chi connectivity index (χ3n) is 6.38. The molecular weight excluding hydrogens is 362 g/mol. The predicted octanol–water partition coefficient (Wildman–Crippen LogP) is 2.41. The molecule has 4 rings (SSSR count). The van der Waals surface area contributed by atoms with Gasteiger partial charge in [0.1, 0.15) is 11.6 Å². The van der Waals surface area contributed by atoms with Crippen molar-refractivity contribution < 1.29 is 8.42 Å². The van der Waals surface area contributed by atoms with Crippen molar-refractivity contribution in [2.24, 2.45) is 11.8 Å². The highest BCUT2D eigenvalue weighted by Gasteiger charge is 2.38. The van der Waals surface area contributed by atoms with Crippen LogP contribution in [0.4, 0.5) is 0 Å². The van der Waals surface area contributed by atoms with Crippen LogP contribution in [0.25, 0.3) is 0 Å². The molecule has 4 heterocycles. The standard InChI is InChI=1S/C19H33N5O2S/c1-15-11-16(2)13-23(12-15)27(25,26)22-9-6-7-17(14-22)19-21-20-18-8-4-3-5-10-24(18)19/h15-17H,3-14H2,1-2H3/t15-,16-,17+/m1/s1. The Morgan fingerprint density at radius 3 is 2.44 bits per heavy atom. The van der Waals surface area contributed by atoms with Gasteiger partial charge in [0.2, 0.25) is 0 Å². The van der Waals surface area contributed by atoms with E-state index in [0.717, 1.165) is 50.3 Å². The summed E-state index contributed by atoms with van der Waals surface area (Å²) in [6, 6.07) is 0. The lowest BCUT2D eigenvalue weighted by atomic mass is 9.94. The molecule has 0 aliphatic carbocycles. The molecule has 0 radical (unpaired) electrons. The van der Waals surface area contributed by atoms with E-state index in [1.807, 2.05) is 0 Å². The van der Waals surface area contributed by atoms with Gasteiger partial charge in [-0.05, 0) is 43.9 Å². The number of aryl methyl sites for hydroxylation is 1. The molecule has 152 valence electrons. The van der Waals surface area contributed by atoms with E-state index in [4.69, 9.17) is 0 Å². The van der Waals surface area contributed by atoms with Crippen molar-refractivity contribution in [1.29, 1.82) is 0 Å². The van der Waals surface area contributed by atoms with Crippen LogP contribution in [-0.2, 0) is 23.2 Å². The Bertz CT molecular complexity index is 752. The summed E-state index contributed by atoms with van der Waals surface area (Å²) >= 11 is 0. The molecular formula is C19H33N5O2S. The minimum atomic E-state index is -3.39. The topological polar surface area (TPSA) is 71.3 Å². The third kappa shape index (κ3) is 3.93. The van der Waals surface area contributed by atoms with Gasteiger partial charge in [0.05, 0.1) is 0 Å². The van der Waals surface area contributed by atoms with E-state index >= 15 is 0 Å². The molecule has 27 heavy (non-hydrogen) atoms. The molecule has 0 saturated carbocycles. The Morgan fingerprint density at radius 1 is 0.889 bits per heavy atom. The number of hydrogen-bond donors (Lipinski definition) is 0. The van der Waals surface area contributed by atoms with Gasteiger partial charge in [-0.3, -0.25) is 0 Å². The smallest absolute Gasteiger partial charge is 0.282 e. The lowest BCUT2D eigenvalue weighted by Gasteiger charge is -2.39. The maximum Gasteiger partial charge on any atom is 0.282 e. The van der Waals surface area contributed by atoms with Crippen molar-refractivity contribution in [3.05, 3.63) is 11.6 Å². The Kier molecular flexibility index (Phi) is 5.58. The van der Waals surface area contributed by atoms with Crippen LogP contribution in [0.1, 0.15) is 69.9 Å². The Morgan fingerprint density at radius 2 is 1.67 bits per heavy atom. The summed E-state index contributed by atoms with van der Waals surface area (Å²) < 4.78 is 32.3. The molecule has 2 fully saturated rings. The summed E-state index contributed by atoms with van der Waals surface area (Å²) in [6.45, 7) is 7.74. The molecule has 3 atom stereocenters. The molecule has 7 nitrogen and oxygen atoms in total. The molecule has 0 unspecified atom stereocenters. The summed E-state index contributed by atoms with van der Waals surface area (Å²) in [7, 11) is -3.39. The molecule has 1 aromatic rings. The number of fused-ring (bicyclic) bond motifs is 1. The van der Waals surface area contributed by atoms with Crippen LogP contribution in [0, 0.1) is 11.8 Å². The maximum absolute atomic E-state index is 13.3. The second-order valence-electron chi connectivity index (χ2n) is 8.90. The van der Waals surface area contributed by atoms with Gasteiger partial charge in [-0.25, -0.2) is 0 Å². The first-order valence-corrected chi connectivity index (χ1v) is 12.0. The van der Waals surface area contributed by atoms with E-state index in [9.17, 15) is 8.42 Å². The number of piperidine rings is 2. The fraction of sp³-hybridized carbons (Fsp3) is 0.895. The Hall–Kier alpha value is -0.990. The van der Waals surface area contributed by atoms with Gasteiger partial charge < -0.3 is 4.57 Å². The highest BCUT2D eigenvalue weighted by atomic mass is 32.2. The van der Waals surface area contributed by atoms with Crippen LogP contribution in [-0.4, -0.2) is 58.0 Å². The second kappa shape index (κ2) is 7.79. The zero-order chi connectivity index (χ0) is 19.0. The first-order valence-electron chi connectivity index (χ1n) is 10.6. The van der Waals surface area contributed by atoms with Gasteiger partial charge in [0.15, 0.2) is 0 Å². The lowest BCUT2D eigenvalue weighted by molar-refractivity contribution is 0.200. The van der Waals surface area contributed by atoms with Crippen LogP contribution >= 0.6 is 0 Å². The van der Waals surface area contributed by atoms with Crippen molar-refractivity contribution in [2.75, 3.05) is 26.2 Å². The summed E-state index contributed by atoms with van der Waals surface area (Å²) in [5.74, 6) is 3.11. The number of nitrogens with zero attached hydrogens (tertiary/aromatic N) is 5. The van der Waals surface area contributed by atoms with Crippen molar-refractivity contribution in [1.82, 2.24) is 23.4 Å². The molecule has 0 N–H and O–H groups in total. The van der Waals surface area contributed by atoms with Crippen LogP contribution in [0.15, 0.2) is 0 Å². The summed E-state index contributed by atoms with van der Waals surface area (Å²) in [6.07, 6.45) is 7.57. The van der Waals surface area contributed by atoms with Gasteiger partial charge in [0, 0.05) is 45.1 Å². The zero-order valence-electron chi connectivity index (χ0n) is 16.7. The molecule has 3 aliphatic heterocycles. The van der Waals surface area contributed by atoms with E-state index in [1.54, 1.807) is 8.61 Å². The number of aromatic nitrogens is 3. The van der Waals surface area contributed by atoms with Gasteiger partial charge in [-0.1, -0.05) is 20.3 Å². The predicted molar refractivity (Wildman–Crippen MR) is 105 cm³/mol. The summed E-state index contributed by atoms with van der Waals surface area (Å²) in [4.78, 5) is 0. The van der Waals surface area contributed by atoms with Gasteiger partial charge >= 0.3 is 0 Å². The van der Waals surface area contributed by atoms with Gasteiger partial charge in [0.25, 0.3) is 10.2 Å². The van der Waals surface area contributed by atoms with Gasteiger partial charge in [-0.15, -0.1) is 10.2 Å². The van der Waals surface area contributed by atoms with Crippen LogP contribution in [0.2, 0.25) is 0 Å². The fourth-order valence-corrected chi connectivity index (χ4v) is 7.07. The minimum absolute atomic E-state index is 0.160. The van der Waals surface area contributed by atoms with Crippen molar-refractivity contribution >= 4 is 10.2 Å². The summed E-state index contributed by atoms with van der Waals surface area (Å²) in [5.41, 5.74) is 0. The second-order valence-corrected chi connectivity index (χ2v) is 10.8. The zero-order valence-corrected chi connectivity index (χ0v) is 17.5. The van der Waals surface area contributed by atoms with E-state index in [2.05, 4.69) is 28.6 Å². The van der Waals surface area contributed by atoms with Crippen LogP contribution < -0.4 is 0 Å². The molecule has 1 aromatic heterocycles. The summed E-state index contributed by atoms with van der Waals surface area (Å²) in [5, 5.41) is 8.92. The minimum Gasteiger partial charge on any atom is -0.315 e. The Labute approximate surface area is 163 Å². The third-order valence-corrected chi connectivity index (χ3v) is 8.31. The highest BCUT2D eigenvalue weighted by Crippen LogP contribution is 2.31. The van der Waals surface area contributed by atoms with Crippen molar-refractivity contribution in [3.8, 4) is 0 Å². The largest absolute Gasteiger partial charge is 0.315 e. The number of hydrogen-bond acceptors (Lipinski definition) is 4. The molecule has 3 aliphatic rings. The fourth-order valence-electron chi connectivity index (χ4n) is 5.13. The molecule has 2 saturated heterocycles. The van der Waals surface area contributed by atoms with E-state index in [-0.39, 0.29) is 5.92 Å². The molecule has 0 bridgehead atoms. The quantitative estimate of drug-likeness (QED) is 0.788. The van der Waals surface area contributed by atoms with Crippen molar-refractivity contribution in [2.45, 2.75) is 71.3 Å². The Balaban J connectivity index is 1.52. The van der Waals surface area contributed by atoms with Crippen LogP contribution in [0.3, 0.4) is 0 Å². The first-order chi connectivity index (χ1) is 12.9. The van der Waals surface area contributed by atoms with Crippen molar-refractivity contribution in [3.63, 3.8) is 0 Å². The van der Waals surface area contributed by atoms with E-state index < -0.39 is 10.2 Å². The van der Waals surface area contributed by atoms with Gasteiger partial charge in [-0.2, -0.15) is 17.0 Å².